The Morgan fingerprint density at radius 2 is 2.00 bits per heavy atom. The van der Waals surface area contributed by atoms with Gasteiger partial charge in [0.1, 0.15) is 17.3 Å². The largest absolute Gasteiger partial charge is 0.370 e. The van der Waals surface area contributed by atoms with Crippen LogP contribution in [0.5, 0.6) is 0 Å². The topological polar surface area (TPSA) is 78.9 Å². The van der Waals surface area contributed by atoms with E-state index in [-0.39, 0.29) is 30.7 Å². The van der Waals surface area contributed by atoms with Gasteiger partial charge in [0.05, 0.1) is 0 Å². The summed E-state index contributed by atoms with van der Waals surface area (Å²) < 4.78 is 0. The Kier molecular flexibility index (Phi) is 9.61. The van der Waals surface area contributed by atoms with Gasteiger partial charge in [-0.15, -0.1) is 24.8 Å². The summed E-state index contributed by atoms with van der Waals surface area (Å²) in [5, 5.41) is 9.95. The second-order valence-corrected chi connectivity index (χ2v) is 7.28. The molecule has 1 aromatic rings. The van der Waals surface area contributed by atoms with Gasteiger partial charge in [-0.25, -0.2) is 9.97 Å². The van der Waals surface area contributed by atoms with Crippen LogP contribution in [0.4, 0.5) is 5.82 Å². The molecule has 0 aliphatic carbocycles. The number of fused-ring (bicyclic) bond motifs is 1. The number of anilines is 1. The SMILES string of the molecule is CC(C)Cc1nc(NCCC2CCCCN2)c2c(n1)C(=O)NCC2.Cl.Cl. The monoisotopic (exact) mass is 403 g/mol. The van der Waals surface area contributed by atoms with Crippen LogP contribution in [0.15, 0.2) is 0 Å². The van der Waals surface area contributed by atoms with Crippen LogP contribution in [0.2, 0.25) is 0 Å². The maximum atomic E-state index is 12.2. The van der Waals surface area contributed by atoms with Crippen molar-refractivity contribution in [1.29, 1.82) is 0 Å². The zero-order valence-electron chi connectivity index (χ0n) is 15.6. The Bertz CT molecular complexity index is 591. The van der Waals surface area contributed by atoms with E-state index < -0.39 is 0 Å². The Morgan fingerprint density at radius 3 is 2.69 bits per heavy atom. The molecule has 8 heteroatoms. The summed E-state index contributed by atoms with van der Waals surface area (Å²) >= 11 is 0. The van der Waals surface area contributed by atoms with E-state index in [1.807, 2.05) is 0 Å². The van der Waals surface area contributed by atoms with Crippen molar-refractivity contribution in [2.45, 2.75) is 58.4 Å². The standard InChI is InChI=1S/C18H29N5O.2ClH/c1-12(2)11-15-22-16-14(7-10-21-18(16)24)17(23-15)20-9-6-13-5-3-4-8-19-13;;/h12-13,19H,3-11H2,1-2H3,(H,21,24)(H,20,22,23);2*1H. The van der Waals surface area contributed by atoms with E-state index in [0.717, 1.165) is 49.6 Å². The molecule has 3 rings (SSSR count). The van der Waals surface area contributed by atoms with Gasteiger partial charge in [0.2, 0.25) is 0 Å². The van der Waals surface area contributed by atoms with Crippen molar-refractivity contribution in [3.05, 3.63) is 17.1 Å². The predicted octanol–water partition coefficient (Wildman–Crippen LogP) is 2.75. The third kappa shape index (κ3) is 5.96. The minimum Gasteiger partial charge on any atom is -0.370 e. The van der Waals surface area contributed by atoms with E-state index in [2.05, 4.69) is 34.8 Å². The quantitative estimate of drug-likeness (QED) is 0.680. The van der Waals surface area contributed by atoms with Crippen LogP contribution in [0.1, 0.15) is 61.4 Å². The fraction of sp³-hybridized carbons (Fsp3) is 0.722. The average molecular weight is 404 g/mol. The number of rotatable bonds is 6. The molecular weight excluding hydrogens is 373 g/mol. The number of aromatic nitrogens is 2. The molecule has 1 aromatic heterocycles. The number of amides is 1. The lowest BCUT2D eigenvalue weighted by Crippen LogP contribution is -2.36. The molecule has 3 heterocycles. The number of nitrogens with zero attached hydrogens (tertiary/aromatic N) is 2. The molecule has 1 saturated heterocycles. The Hall–Kier alpha value is -1.11. The van der Waals surface area contributed by atoms with Crippen molar-refractivity contribution in [1.82, 2.24) is 20.6 Å². The normalized spacial score (nSPS) is 19.0. The van der Waals surface area contributed by atoms with Crippen LogP contribution in [0, 0.1) is 5.92 Å². The smallest absolute Gasteiger partial charge is 0.270 e. The second-order valence-electron chi connectivity index (χ2n) is 7.28. The first-order valence-corrected chi connectivity index (χ1v) is 9.28. The van der Waals surface area contributed by atoms with Gasteiger partial charge < -0.3 is 16.0 Å². The molecule has 6 nitrogen and oxygen atoms in total. The number of carbonyl (C=O) groups excluding carboxylic acids is 1. The summed E-state index contributed by atoms with van der Waals surface area (Å²) in [5.74, 6) is 2.02. The molecule has 1 fully saturated rings. The van der Waals surface area contributed by atoms with Crippen molar-refractivity contribution >= 4 is 36.5 Å². The number of hydrogen-bond acceptors (Lipinski definition) is 5. The van der Waals surface area contributed by atoms with Crippen LogP contribution >= 0.6 is 24.8 Å². The maximum Gasteiger partial charge on any atom is 0.270 e. The lowest BCUT2D eigenvalue weighted by molar-refractivity contribution is 0.0940. The average Bonchev–Trinajstić information content (AvgIpc) is 2.56. The van der Waals surface area contributed by atoms with Crippen LogP contribution in [-0.4, -0.2) is 41.6 Å². The van der Waals surface area contributed by atoms with Crippen LogP contribution in [-0.2, 0) is 12.8 Å². The molecule has 1 amide bonds. The summed E-state index contributed by atoms with van der Waals surface area (Å²) in [5.41, 5.74) is 1.54. The lowest BCUT2D eigenvalue weighted by atomic mass is 10.0. The molecule has 1 atom stereocenters. The summed E-state index contributed by atoms with van der Waals surface area (Å²) in [6.07, 6.45) is 6.54. The van der Waals surface area contributed by atoms with Crippen molar-refractivity contribution in [3.63, 3.8) is 0 Å². The van der Waals surface area contributed by atoms with E-state index >= 15 is 0 Å². The molecule has 0 aromatic carbocycles. The molecule has 2 aliphatic heterocycles. The highest BCUT2D eigenvalue weighted by atomic mass is 35.5. The summed E-state index contributed by atoms with van der Waals surface area (Å²) in [6, 6.07) is 0.599. The maximum absolute atomic E-state index is 12.2. The predicted molar refractivity (Wildman–Crippen MR) is 110 cm³/mol. The third-order valence-electron chi connectivity index (χ3n) is 4.72. The fourth-order valence-corrected chi connectivity index (χ4v) is 3.48. The van der Waals surface area contributed by atoms with Crippen molar-refractivity contribution < 1.29 is 4.79 Å². The second kappa shape index (κ2) is 10.9. The van der Waals surface area contributed by atoms with Gasteiger partial charge in [-0.1, -0.05) is 20.3 Å². The van der Waals surface area contributed by atoms with Crippen LogP contribution in [0.25, 0.3) is 0 Å². The van der Waals surface area contributed by atoms with E-state index in [1.165, 1.54) is 19.3 Å². The van der Waals surface area contributed by atoms with Crippen molar-refractivity contribution in [3.8, 4) is 0 Å². The molecule has 3 N–H and O–H groups in total. The molecule has 1 unspecified atom stereocenters. The molecule has 148 valence electrons. The molecule has 26 heavy (non-hydrogen) atoms. The Balaban J connectivity index is 0.00000169. The lowest BCUT2D eigenvalue weighted by Gasteiger charge is -2.24. The van der Waals surface area contributed by atoms with E-state index in [0.29, 0.717) is 24.2 Å². The van der Waals surface area contributed by atoms with E-state index in [4.69, 9.17) is 4.98 Å². The van der Waals surface area contributed by atoms with Crippen LogP contribution < -0.4 is 16.0 Å². The third-order valence-corrected chi connectivity index (χ3v) is 4.72. The van der Waals surface area contributed by atoms with Gasteiger partial charge in [0.25, 0.3) is 5.91 Å². The first kappa shape index (κ1) is 22.9. The minimum atomic E-state index is -0.0688. The molecule has 0 spiro atoms. The first-order chi connectivity index (χ1) is 11.6. The summed E-state index contributed by atoms with van der Waals surface area (Å²) in [7, 11) is 0. The molecule has 2 aliphatic rings. The first-order valence-electron chi connectivity index (χ1n) is 9.28. The van der Waals surface area contributed by atoms with Gasteiger partial charge >= 0.3 is 0 Å². The highest BCUT2D eigenvalue weighted by Crippen LogP contribution is 2.22. The molecule has 0 bridgehead atoms. The van der Waals surface area contributed by atoms with E-state index in [9.17, 15) is 4.79 Å². The minimum absolute atomic E-state index is 0. The summed E-state index contributed by atoms with van der Waals surface area (Å²) in [4.78, 5) is 21.4. The van der Waals surface area contributed by atoms with E-state index in [1.54, 1.807) is 0 Å². The van der Waals surface area contributed by atoms with Crippen LogP contribution in [0.3, 0.4) is 0 Å². The Labute approximate surface area is 168 Å². The zero-order chi connectivity index (χ0) is 16.9. The van der Waals surface area contributed by atoms with Gasteiger partial charge in [0.15, 0.2) is 0 Å². The number of piperidine rings is 1. The Morgan fingerprint density at radius 1 is 1.19 bits per heavy atom. The zero-order valence-corrected chi connectivity index (χ0v) is 17.3. The highest BCUT2D eigenvalue weighted by molar-refractivity contribution is 5.96. The number of carbonyl (C=O) groups is 1. The van der Waals surface area contributed by atoms with Crippen molar-refractivity contribution in [2.75, 3.05) is 25.0 Å². The number of hydrogen-bond donors (Lipinski definition) is 3. The number of nitrogens with one attached hydrogen (secondary N) is 3. The fourth-order valence-electron chi connectivity index (χ4n) is 3.48. The van der Waals surface area contributed by atoms with Crippen molar-refractivity contribution in [2.24, 2.45) is 5.92 Å². The molecular formula is C18H31Cl2N5O. The van der Waals surface area contributed by atoms with Gasteiger partial charge in [-0.2, -0.15) is 0 Å². The van der Waals surface area contributed by atoms with Gasteiger partial charge in [-0.05, 0) is 38.1 Å². The summed E-state index contributed by atoms with van der Waals surface area (Å²) in [6.45, 7) is 6.96. The molecule has 0 radical (unpaired) electrons. The molecule has 0 saturated carbocycles. The van der Waals surface area contributed by atoms with Gasteiger partial charge in [0, 0.05) is 31.1 Å². The number of halogens is 2. The highest BCUT2D eigenvalue weighted by Gasteiger charge is 2.24. The van der Waals surface area contributed by atoms with Gasteiger partial charge in [-0.3, -0.25) is 4.79 Å².